The Morgan fingerprint density at radius 2 is 2.24 bits per heavy atom. The quantitative estimate of drug-likeness (QED) is 0.874. The van der Waals surface area contributed by atoms with E-state index >= 15 is 0 Å². The fourth-order valence-corrected chi connectivity index (χ4v) is 2.88. The van der Waals surface area contributed by atoms with Crippen molar-refractivity contribution in [2.45, 2.75) is 26.7 Å². The standard InChI is InChI=1S/C13H19N3S/c1-8(2)10(6-14)13-15-7-11(16-13)12-9(3)4-5-17-12/h4-5,7-8,10H,6,14H2,1-3H3,(H,15,16). The van der Waals surface area contributed by atoms with E-state index in [-0.39, 0.29) is 0 Å². The maximum absolute atomic E-state index is 5.81. The number of nitrogens with two attached hydrogens (primary N) is 1. The second-order valence-electron chi connectivity index (χ2n) is 4.70. The van der Waals surface area contributed by atoms with E-state index in [0.29, 0.717) is 18.4 Å². The summed E-state index contributed by atoms with van der Waals surface area (Å²) >= 11 is 1.74. The first-order valence-corrected chi connectivity index (χ1v) is 6.81. The van der Waals surface area contributed by atoms with Crippen molar-refractivity contribution in [3.63, 3.8) is 0 Å². The van der Waals surface area contributed by atoms with Crippen LogP contribution in [0.3, 0.4) is 0 Å². The molecule has 2 rings (SSSR count). The fourth-order valence-electron chi connectivity index (χ4n) is 1.99. The Labute approximate surface area is 106 Å². The number of hydrogen-bond donors (Lipinski definition) is 2. The van der Waals surface area contributed by atoms with Crippen molar-refractivity contribution in [2.24, 2.45) is 11.7 Å². The predicted molar refractivity (Wildman–Crippen MR) is 73.3 cm³/mol. The topological polar surface area (TPSA) is 54.7 Å². The van der Waals surface area contributed by atoms with E-state index in [1.165, 1.54) is 10.4 Å². The lowest BCUT2D eigenvalue weighted by Crippen LogP contribution is -2.19. The summed E-state index contributed by atoms with van der Waals surface area (Å²) in [7, 11) is 0. The molecule has 0 bridgehead atoms. The first kappa shape index (κ1) is 12.3. The van der Waals surface area contributed by atoms with Crippen molar-refractivity contribution >= 4 is 11.3 Å². The average Bonchev–Trinajstić information content (AvgIpc) is 2.87. The van der Waals surface area contributed by atoms with Crippen molar-refractivity contribution in [1.82, 2.24) is 9.97 Å². The monoisotopic (exact) mass is 249 g/mol. The minimum Gasteiger partial charge on any atom is -0.341 e. The second kappa shape index (κ2) is 5.02. The van der Waals surface area contributed by atoms with E-state index in [0.717, 1.165) is 11.5 Å². The summed E-state index contributed by atoms with van der Waals surface area (Å²) in [6.07, 6.45) is 1.92. The van der Waals surface area contributed by atoms with E-state index < -0.39 is 0 Å². The maximum Gasteiger partial charge on any atom is 0.111 e. The highest BCUT2D eigenvalue weighted by Crippen LogP contribution is 2.29. The first-order chi connectivity index (χ1) is 8.13. The molecular formula is C13H19N3S. The summed E-state index contributed by atoms with van der Waals surface area (Å²) < 4.78 is 0. The third-order valence-electron chi connectivity index (χ3n) is 3.11. The summed E-state index contributed by atoms with van der Waals surface area (Å²) in [6, 6.07) is 2.13. The number of aromatic amines is 1. The minimum absolute atomic E-state index is 0.309. The van der Waals surface area contributed by atoms with Gasteiger partial charge in [0.1, 0.15) is 5.82 Å². The molecule has 0 saturated carbocycles. The van der Waals surface area contributed by atoms with Gasteiger partial charge in [0.15, 0.2) is 0 Å². The molecule has 0 radical (unpaired) electrons. The van der Waals surface area contributed by atoms with Gasteiger partial charge in [-0.15, -0.1) is 11.3 Å². The minimum atomic E-state index is 0.309. The molecule has 0 aliphatic carbocycles. The van der Waals surface area contributed by atoms with Crippen LogP contribution < -0.4 is 5.73 Å². The molecule has 0 fully saturated rings. The number of aromatic nitrogens is 2. The van der Waals surface area contributed by atoms with Gasteiger partial charge in [-0.05, 0) is 29.9 Å². The number of hydrogen-bond acceptors (Lipinski definition) is 3. The van der Waals surface area contributed by atoms with Gasteiger partial charge >= 0.3 is 0 Å². The molecule has 0 saturated heterocycles. The van der Waals surface area contributed by atoms with Gasteiger partial charge in [0.05, 0.1) is 16.8 Å². The molecule has 1 unspecified atom stereocenters. The number of nitrogens with zero attached hydrogens (tertiary/aromatic N) is 1. The Kier molecular flexibility index (Phi) is 3.64. The van der Waals surface area contributed by atoms with E-state index in [1.54, 1.807) is 11.3 Å². The molecule has 4 heteroatoms. The highest BCUT2D eigenvalue weighted by Gasteiger charge is 2.18. The van der Waals surface area contributed by atoms with E-state index in [1.807, 2.05) is 6.20 Å². The van der Waals surface area contributed by atoms with Crippen molar-refractivity contribution in [3.8, 4) is 10.6 Å². The molecule has 0 amide bonds. The smallest absolute Gasteiger partial charge is 0.111 e. The highest BCUT2D eigenvalue weighted by atomic mass is 32.1. The summed E-state index contributed by atoms with van der Waals surface area (Å²) in [4.78, 5) is 9.15. The van der Waals surface area contributed by atoms with Gasteiger partial charge in [-0.25, -0.2) is 4.98 Å². The lowest BCUT2D eigenvalue weighted by atomic mass is 9.95. The van der Waals surface area contributed by atoms with Crippen LogP contribution in [-0.4, -0.2) is 16.5 Å². The van der Waals surface area contributed by atoms with Crippen molar-refractivity contribution in [1.29, 1.82) is 0 Å². The number of imidazole rings is 1. The molecule has 2 heterocycles. The second-order valence-corrected chi connectivity index (χ2v) is 5.62. The fraction of sp³-hybridized carbons (Fsp3) is 0.462. The Hall–Kier alpha value is -1.13. The predicted octanol–water partition coefficient (Wildman–Crippen LogP) is 3.14. The zero-order chi connectivity index (χ0) is 12.4. The molecule has 2 aromatic heterocycles. The van der Waals surface area contributed by atoms with Gasteiger partial charge in [0.25, 0.3) is 0 Å². The van der Waals surface area contributed by atoms with Gasteiger partial charge in [0.2, 0.25) is 0 Å². The van der Waals surface area contributed by atoms with Gasteiger partial charge in [-0.2, -0.15) is 0 Å². The van der Waals surface area contributed by atoms with Crippen LogP contribution in [0.15, 0.2) is 17.6 Å². The molecule has 0 aromatic carbocycles. The number of thiophene rings is 1. The van der Waals surface area contributed by atoms with Gasteiger partial charge < -0.3 is 10.7 Å². The van der Waals surface area contributed by atoms with Gasteiger partial charge in [-0.1, -0.05) is 13.8 Å². The normalized spacial score (nSPS) is 13.2. The van der Waals surface area contributed by atoms with E-state index in [4.69, 9.17) is 5.73 Å². The zero-order valence-electron chi connectivity index (χ0n) is 10.5. The van der Waals surface area contributed by atoms with Crippen LogP contribution in [0.25, 0.3) is 10.6 Å². The van der Waals surface area contributed by atoms with Crippen molar-refractivity contribution in [3.05, 3.63) is 29.0 Å². The Morgan fingerprint density at radius 1 is 1.47 bits per heavy atom. The average molecular weight is 249 g/mol. The third kappa shape index (κ3) is 2.42. The lowest BCUT2D eigenvalue weighted by molar-refractivity contribution is 0.487. The summed E-state index contributed by atoms with van der Waals surface area (Å²) in [5.74, 6) is 1.82. The molecule has 1 atom stereocenters. The summed E-state index contributed by atoms with van der Waals surface area (Å²) in [5.41, 5.74) is 8.20. The Morgan fingerprint density at radius 3 is 2.76 bits per heavy atom. The van der Waals surface area contributed by atoms with Gasteiger partial charge in [0, 0.05) is 12.5 Å². The third-order valence-corrected chi connectivity index (χ3v) is 4.16. The summed E-state index contributed by atoms with van der Waals surface area (Å²) in [6.45, 7) is 7.11. The van der Waals surface area contributed by atoms with Crippen LogP contribution in [0.2, 0.25) is 0 Å². The van der Waals surface area contributed by atoms with Crippen LogP contribution in [0.5, 0.6) is 0 Å². The molecule has 2 aromatic rings. The number of rotatable bonds is 4. The summed E-state index contributed by atoms with van der Waals surface area (Å²) in [5, 5.41) is 2.11. The molecule has 3 nitrogen and oxygen atoms in total. The van der Waals surface area contributed by atoms with Crippen molar-refractivity contribution in [2.75, 3.05) is 6.54 Å². The Bertz CT molecular complexity index is 484. The molecule has 3 N–H and O–H groups in total. The van der Waals surface area contributed by atoms with Gasteiger partial charge in [-0.3, -0.25) is 0 Å². The van der Waals surface area contributed by atoms with Crippen LogP contribution >= 0.6 is 11.3 Å². The van der Waals surface area contributed by atoms with Crippen LogP contribution in [0.1, 0.15) is 31.2 Å². The molecule has 0 spiro atoms. The molecule has 0 aliphatic rings. The molecule has 0 aliphatic heterocycles. The van der Waals surface area contributed by atoms with Crippen LogP contribution in [0, 0.1) is 12.8 Å². The van der Waals surface area contributed by atoms with E-state index in [2.05, 4.69) is 42.2 Å². The number of H-pyrrole nitrogens is 1. The molecular weight excluding hydrogens is 230 g/mol. The first-order valence-electron chi connectivity index (χ1n) is 5.93. The Balaban J connectivity index is 2.30. The largest absolute Gasteiger partial charge is 0.341 e. The van der Waals surface area contributed by atoms with Crippen LogP contribution in [0.4, 0.5) is 0 Å². The molecule has 92 valence electrons. The highest BCUT2D eigenvalue weighted by molar-refractivity contribution is 7.13. The lowest BCUT2D eigenvalue weighted by Gasteiger charge is -2.15. The zero-order valence-corrected chi connectivity index (χ0v) is 11.3. The number of aryl methyl sites for hydroxylation is 1. The SMILES string of the molecule is Cc1ccsc1-c1cnc(C(CN)C(C)C)[nH]1. The van der Waals surface area contributed by atoms with E-state index in [9.17, 15) is 0 Å². The maximum atomic E-state index is 5.81. The van der Waals surface area contributed by atoms with Crippen molar-refractivity contribution < 1.29 is 0 Å². The van der Waals surface area contributed by atoms with Crippen LogP contribution in [-0.2, 0) is 0 Å². The molecule has 17 heavy (non-hydrogen) atoms. The number of nitrogens with one attached hydrogen (secondary N) is 1.